The molecule has 1 aromatic carbocycles. The van der Waals surface area contributed by atoms with Crippen LogP contribution in [-0.2, 0) is 9.59 Å². The minimum absolute atomic E-state index is 0. The predicted molar refractivity (Wildman–Crippen MR) is 101 cm³/mol. The van der Waals surface area contributed by atoms with Crippen LogP contribution in [0.15, 0.2) is 24.3 Å². The summed E-state index contributed by atoms with van der Waals surface area (Å²) >= 11 is 0. The molecule has 1 aromatic rings. The van der Waals surface area contributed by atoms with Crippen molar-refractivity contribution in [2.24, 2.45) is 23.5 Å². The van der Waals surface area contributed by atoms with Gasteiger partial charge < -0.3 is 16.4 Å². The van der Waals surface area contributed by atoms with Crippen molar-refractivity contribution < 1.29 is 9.59 Å². The van der Waals surface area contributed by atoms with Crippen molar-refractivity contribution in [1.82, 2.24) is 5.32 Å². The predicted octanol–water partition coefficient (Wildman–Crippen LogP) is 3.01. The van der Waals surface area contributed by atoms with Gasteiger partial charge in [0.1, 0.15) is 0 Å². The molecule has 2 aliphatic carbocycles. The van der Waals surface area contributed by atoms with Crippen LogP contribution >= 0.6 is 12.4 Å². The molecule has 0 spiro atoms. The molecule has 2 aliphatic rings. The molecule has 1 unspecified atom stereocenters. The second-order valence-corrected chi connectivity index (χ2v) is 7.15. The molecule has 5 nitrogen and oxygen atoms in total. The highest BCUT2D eigenvalue weighted by molar-refractivity contribution is 5.94. The molecule has 2 amide bonds. The smallest absolute Gasteiger partial charge is 0.227 e. The van der Waals surface area contributed by atoms with Crippen molar-refractivity contribution in [3.63, 3.8) is 0 Å². The number of hydrogen-bond donors (Lipinski definition) is 3. The first kappa shape index (κ1) is 19.7. The number of benzene rings is 1. The Morgan fingerprint density at radius 3 is 2.40 bits per heavy atom. The number of carbonyl (C=O) groups is 2. The first-order valence-corrected chi connectivity index (χ1v) is 8.99. The monoisotopic (exact) mass is 365 g/mol. The summed E-state index contributed by atoms with van der Waals surface area (Å²) < 4.78 is 0. The van der Waals surface area contributed by atoms with Gasteiger partial charge in [-0.3, -0.25) is 9.59 Å². The molecular weight excluding hydrogens is 338 g/mol. The molecule has 0 aromatic heterocycles. The van der Waals surface area contributed by atoms with Crippen molar-refractivity contribution >= 4 is 29.9 Å². The lowest BCUT2D eigenvalue weighted by Crippen LogP contribution is -2.36. The van der Waals surface area contributed by atoms with Gasteiger partial charge in [0.25, 0.3) is 0 Å². The van der Waals surface area contributed by atoms with E-state index in [1.54, 1.807) is 0 Å². The van der Waals surface area contributed by atoms with Crippen LogP contribution in [0.5, 0.6) is 0 Å². The van der Waals surface area contributed by atoms with E-state index in [1.165, 1.54) is 0 Å². The van der Waals surface area contributed by atoms with Gasteiger partial charge in [-0.15, -0.1) is 12.4 Å². The Hall–Kier alpha value is -1.59. The average molecular weight is 366 g/mol. The molecule has 25 heavy (non-hydrogen) atoms. The molecule has 0 heterocycles. The SMILES string of the molecule is CC(NC(=O)[C@@H]1CCC[C@@H]1CN)c1ccc(NC(=O)C2CC2)cc1.Cl. The standard InChI is InChI=1S/C19H27N3O2.ClH/c1-12(21-19(24)17-4-2-3-15(17)11-20)13-7-9-16(10-8-13)22-18(23)14-5-6-14;/h7-10,12,14-15,17H,2-6,11,20H2,1H3,(H,21,24)(H,22,23);1H/t12?,15-,17-;/m1./s1. The molecule has 0 bridgehead atoms. The number of carbonyl (C=O) groups excluding carboxylic acids is 2. The lowest BCUT2D eigenvalue weighted by Gasteiger charge is -2.21. The fourth-order valence-electron chi connectivity index (χ4n) is 3.51. The molecule has 0 radical (unpaired) electrons. The zero-order chi connectivity index (χ0) is 17.1. The minimum atomic E-state index is -0.0512. The zero-order valence-electron chi connectivity index (χ0n) is 14.7. The molecule has 3 atom stereocenters. The summed E-state index contributed by atoms with van der Waals surface area (Å²) in [6.45, 7) is 2.57. The molecule has 4 N–H and O–H groups in total. The quantitative estimate of drug-likeness (QED) is 0.724. The van der Waals surface area contributed by atoms with E-state index >= 15 is 0 Å². The van der Waals surface area contributed by atoms with E-state index < -0.39 is 0 Å². The number of nitrogens with two attached hydrogens (primary N) is 1. The topological polar surface area (TPSA) is 84.2 Å². The molecule has 0 saturated heterocycles. The number of nitrogens with one attached hydrogen (secondary N) is 2. The van der Waals surface area contributed by atoms with Crippen molar-refractivity contribution in [2.75, 3.05) is 11.9 Å². The van der Waals surface area contributed by atoms with Gasteiger partial charge in [-0.05, 0) is 62.8 Å². The normalized spacial score (nSPS) is 23.4. The Labute approximate surface area is 155 Å². The van der Waals surface area contributed by atoms with Crippen LogP contribution in [0.2, 0.25) is 0 Å². The minimum Gasteiger partial charge on any atom is -0.349 e. The lowest BCUT2D eigenvalue weighted by molar-refractivity contribution is -0.126. The molecule has 2 saturated carbocycles. The second kappa shape index (κ2) is 8.68. The van der Waals surface area contributed by atoms with E-state index in [0.29, 0.717) is 12.5 Å². The summed E-state index contributed by atoms with van der Waals surface area (Å²) in [5, 5.41) is 6.04. The summed E-state index contributed by atoms with van der Waals surface area (Å²) in [7, 11) is 0. The third-order valence-electron chi connectivity index (χ3n) is 5.28. The van der Waals surface area contributed by atoms with Crippen molar-refractivity contribution in [3.8, 4) is 0 Å². The van der Waals surface area contributed by atoms with E-state index in [1.807, 2.05) is 31.2 Å². The highest BCUT2D eigenvalue weighted by Crippen LogP contribution is 2.32. The molecule has 138 valence electrons. The van der Waals surface area contributed by atoms with Gasteiger partial charge in [0.05, 0.1) is 6.04 Å². The van der Waals surface area contributed by atoms with Crippen molar-refractivity contribution in [1.29, 1.82) is 0 Å². The first-order chi connectivity index (χ1) is 11.6. The fourth-order valence-corrected chi connectivity index (χ4v) is 3.51. The maximum absolute atomic E-state index is 12.5. The van der Waals surface area contributed by atoms with Crippen LogP contribution in [-0.4, -0.2) is 18.4 Å². The third-order valence-corrected chi connectivity index (χ3v) is 5.28. The van der Waals surface area contributed by atoms with E-state index in [-0.39, 0.29) is 42.1 Å². The van der Waals surface area contributed by atoms with Crippen LogP contribution in [0.4, 0.5) is 5.69 Å². The average Bonchev–Trinajstić information content (AvgIpc) is 3.32. The number of anilines is 1. The van der Waals surface area contributed by atoms with Gasteiger partial charge >= 0.3 is 0 Å². The Bertz CT molecular complexity index is 601. The fraction of sp³-hybridized carbons (Fsp3) is 0.579. The van der Waals surface area contributed by atoms with Crippen LogP contribution in [0.3, 0.4) is 0 Å². The van der Waals surface area contributed by atoms with Gasteiger partial charge in [-0.1, -0.05) is 18.6 Å². The largest absolute Gasteiger partial charge is 0.349 e. The lowest BCUT2D eigenvalue weighted by atomic mass is 9.94. The van der Waals surface area contributed by atoms with Gasteiger partial charge in [0, 0.05) is 17.5 Å². The summed E-state index contributed by atoms with van der Waals surface area (Å²) in [5.74, 6) is 0.788. The van der Waals surface area contributed by atoms with Crippen molar-refractivity contribution in [2.45, 2.75) is 45.1 Å². The summed E-state index contributed by atoms with van der Waals surface area (Å²) in [4.78, 5) is 24.2. The Morgan fingerprint density at radius 2 is 1.80 bits per heavy atom. The van der Waals surface area contributed by atoms with E-state index in [4.69, 9.17) is 5.73 Å². The number of halogens is 1. The molecule has 6 heteroatoms. The zero-order valence-corrected chi connectivity index (χ0v) is 15.5. The van der Waals surface area contributed by atoms with Gasteiger partial charge in [0.15, 0.2) is 0 Å². The van der Waals surface area contributed by atoms with Gasteiger partial charge in [0.2, 0.25) is 11.8 Å². The first-order valence-electron chi connectivity index (χ1n) is 8.99. The van der Waals surface area contributed by atoms with Gasteiger partial charge in [-0.2, -0.15) is 0 Å². The third kappa shape index (κ3) is 4.95. The second-order valence-electron chi connectivity index (χ2n) is 7.15. The Morgan fingerprint density at radius 1 is 1.12 bits per heavy atom. The Balaban J connectivity index is 0.00000225. The van der Waals surface area contributed by atoms with Crippen molar-refractivity contribution in [3.05, 3.63) is 29.8 Å². The van der Waals surface area contributed by atoms with E-state index in [0.717, 1.165) is 43.4 Å². The van der Waals surface area contributed by atoms with Crippen LogP contribution in [0.25, 0.3) is 0 Å². The molecule has 3 rings (SSSR count). The van der Waals surface area contributed by atoms with E-state index in [2.05, 4.69) is 10.6 Å². The number of amides is 2. The van der Waals surface area contributed by atoms with Crippen LogP contribution < -0.4 is 16.4 Å². The summed E-state index contributed by atoms with van der Waals surface area (Å²) in [6.07, 6.45) is 5.07. The molecular formula is C19H28ClN3O2. The summed E-state index contributed by atoms with van der Waals surface area (Å²) in [6, 6.07) is 7.67. The summed E-state index contributed by atoms with van der Waals surface area (Å²) in [5.41, 5.74) is 7.62. The number of hydrogen-bond acceptors (Lipinski definition) is 3. The molecule has 0 aliphatic heterocycles. The van der Waals surface area contributed by atoms with Crippen LogP contribution in [0.1, 0.15) is 50.6 Å². The maximum atomic E-state index is 12.5. The maximum Gasteiger partial charge on any atom is 0.227 e. The number of rotatable bonds is 6. The van der Waals surface area contributed by atoms with Gasteiger partial charge in [-0.25, -0.2) is 0 Å². The highest BCUT2D eigenvalue weighted by Gasteiger charge is 2.32. The molecule has 2 fully saturated rings. The Kier molecular flexibility index (Phi) is 6.85. The highest BCUT2D eigenvalue weighted by atomic mass is 35.5. The van der Waals surface area contributed by atoms with E-state index in [9.17, 15) is 9.59 Å². The van der Waals surface area contributed by atoms with Crippen LogP contribution in [0, 0.1) is 17.8 Å².